The van der Waals surface area contributed by atoms with E-state index in [-0.39, 0.29) is 5.75 Å². The molecule has 0 saturated heterocycles. The molecular formula is C25H22O3. The lowest BCUT2D eigenvalue weighted by Crippen LogP contribution is -1.95. The van der Waals surface area contributed by atoms with Crippen LogP contribution < -0.4 is 0 Å². The van der Waals surface area contributed by atoms with Gasteiger partial charge in [-0.3, -0.25) is 0 Å². The maximum atomic E-state index is 10.7. The molecule has 0 heterocycles. The number of carboxylic acid groups (broad SMARTS) is 1. The molecule has 0 radical (unpaired) electrons. The van der Waals surface area contributed by atoms with Gasteiger partial charge in [0.1, 0.15) is 5.75 Å². The highest BCUT2D eigenvalue weighted by Crippen LogP contribution is 2.35. The van der Waals surface area contributed by atoms with Crippen LogP contribution in [0, 0.1) is 0 Å². The van der Waals surface area contributed by atoms with Gasteiger partial charge in [-0.2, -0.15) is 0 Å². The number of aromatic hydroxyl groups is 1. The number of rotatable bonds is 6. The topological polar surface area (TPSA) is 57.5 Å². The molecule has 3 rings (SSSR count). The van der Waals surface area contributed by atoms with E-state index in [4.69, 9.17) is 5.11 Å². The Bertz CT molecular complexity index is 996. The van der Waals surface area contributed by atoms with Crippen molar-refractivity contribution in [2.24, 2.45) is 0 Å². The SMILES string of the molecule is CCC(=C(c1ccc(O)cc1)c1ccc(/C=C/C(=O)O)cc1)c1ccccc1. The molecule has 3 aromatic rings. The largest absolute Gasteiger partial charge is 0.508 e. The second kappa shape index (κ2) is 8.87. The molecule has 0 aliphatic carbocycles. The van der Waals surface area contributed by atoms with Gasteiger partial charge >= 0.3 is 5.97 Å². The molecule has 28 heavy (non-hydrogen) atoms. The number of phenolic OH excluding ortho intramolecular Hbond substituents is 1. The molecule has 3 heteroatoms. The van der Waals surface area contributed by atoms with Crippen molar-refractivity contribution in [3.8, 4) is 5.75 Å². The number of carbonyl (C=O) groups is 1. The van der Waals surface area contributed by atoms with Crippen molar-refractivity contribution in [2.75, 3.05) is 0 Å². The number of benzene rings is 3. The van der Waals surface area contributed by atoms with Crippen molar-refractivity contribution in [1.29, 1.82) is 0 Å². The van der Waals surface area contributed by atoms with Gasteiger partial charge < -0.3 is 10.2 Å². The van der Waals surface area contributed by atoms with Crippen molar-refractivity contribution >= 4 is 23.2 Å². The van der Waals surface area contributed by atoms with Crippen LogP contribution in [-0.4, -0.2) is 16.2 Å². The zero-order chi connectivity index (χ0) is 19.9. The maximum Gasteiger partial charge on any atom is 0.328 e. The van der Waals surface area contributed by atoms with Crippen LogP contribution in [0.3, 0.4) is 0 Å². The summed E-state index contributed by atoms with van der Waals surface area (Å²) in [5.41, 5.74) is 6.35. The van der Waals surface area contributed by atoms with E-state index < -0.39 is 5.97 Å². The van der Waals surface area contributed by atoms with Gasteiger partial charge in [-0.15, -0.1) is 0 Å². The molecule has 2 N–H and O–H groups in total. The molecule has 3 nitrogen and oxygen atoms in total. The van der Waals surface area contributed by atoms with E-state index in [1.54, 1.807) is 18.2 Å². The highest BCUT2D eigenvalue weighted by Gasteiger charge is 2.13. The summed E-state index contributed by atoms with van der Waals surface area (Å²) in [6.07, 6.45) is 3.56. The van der Waals surface area contributed by atoms with E-state index in [9.17, 15) is 9.90 Å². The molecule has 0 aliphatic heterocycles. The third-order valence-corrected chi connectivity index (χ3v) is 4.55. The Morgan fingerprint density at radius 1 is 0.821 bits per heavy atom. The second-order valence-corrected chi connectivity index (χ2v) is 6.41. The van der Waals surface area contributed by atoms with Gasteiger partial charge in [0.15, 0.2) is 0 Å². The summed E-state index contributed by atoms with van der Waals surface area (Å²) in [7, 11) is 0. The van der Waals surface area contributed by atoms with E-state index in [1.807, 2.05) is 54.6 Å². The number of hydrogen-bond acceptors (Lipinski definition) is 2. The van der Waals surface area contributed by atoms with E-state index >= 15 is 0 Å². The molecule has 140 valence electrons. The molecule has 0 bridgehead atoms. The molecule has 0 fully saturated rings. The molecule has 0 saturated carbocycles. The minimum absolute atomic E-state index is 0.231. The summed E-state index contributed by atoms with van der Waals surface area (Å²) in [4.78, 5) is 10.7. The Balaban J connectivity index is 2.15. The first kappa shape index (κ1) is 19.2. The smallest absolute Gasteiger partial charge is 0.328 e. The standard InChI is InChI=1S/C25H22O3/c1-2-23(19-6-4-3-5-7-19)25(21-13-15-22(26)16-14-21)20-11-8-18(9-12-20)10-17-24(27)28/h3-17,26H,2H2,1H3,(H,27,28)/b17-10+,25-23?. The van der Waals surface area contributed by atoms with Crippen LogP contribution in [0.25, 0.3) is 17.2 Å². The van der Waals surface area contributed by atoms with Gasteiger partial charge in [0.2, 0.25) is 0 Å². The molecular weight excluding hydrogens is 348 g/mol. The highest BCUT2D eigenvalue weighted by atomic mass is 16.4. The molecule has 0 amide bonds. The Morgan fingerprint density at radius 3 is 1.93 bits per heavy atom. The van der Waals surface area contributed by atoms with Crippen LogP contribution in [0.2, 0.25) is 0 Å². The first-order chi connectivity index (χ1) is 13.6. The minimum Gasteiger partial charge on any atom is -0.508 e. The quantitative estimate of drug-likeness (QED) is 0.422. The minimum atomic E-state index is -0.967. The first-order valence-corrected chi connectivity index (χ1v) is 9.18. The Labute approximate surface area is 164 Å². The van der Waals surface area contributed by atoms with Gasteiger partial charge in [-0.25, -0.2) is 4.79 Å². The van der Waals surface area contributed by atoms with Crippen LogP contribution in [0.1, 0.15) is 35.6 Å². The van der Waals surface area contributed by atoms with Gasteiger partial charge in [-0.05, 0) is 58.0 Å². The van der Waals surface area contributed by atoms with Crippen molar-refractivity contribution in [3.63, 3.8) is 0 Å². The van der Waals surface area contributed by atoms with E-state index in [0.29, 0.717) is 0 Å². The number of aliphatic carboxylic acids is 1. The van der Waals surface area contributed by atoms with Crippen molar-refractivity contribution in [3.05, 3.63) is 107 Å². The van der Waals surface area contributed by atoms with E-state index in [0.717, 1.165) is 40.3 Å². The van der Waals surface area contributed by atoms with Crippen LogP contribution in [0.4, 0.5) is 0 Å². The number of allylic oxidation sites excluding steroid dienone is 1. The zero-order valence-electron chi connectivity index (χ0n) is 15.7. The maximum absolute atomic E-state index is 10.7. The molecule has 0 unspecified atom stereocenters. The second-order valence-electron chi connectivity index (χ2n) is 6.41. The summed E-state index contributed by atoms with van der Waals surface area (Å²) < 4.78 is 0. The predicted molar refractivity (Wildman–Crippen MR) is 114 cm³/mol. The van der Waals surface area contributed by atoms with Crippen LogP contribution in [0.15, 0.2) is 84.9 Å². The lowest BCUT2D eigenvalue weighted by atomic mass is 9.88. The Hall–Kier alpha value is -3.59. The van der Waals surface area contributed by atoms with Gasteiger partial charge in [0, 0.05) is 6.08 Å². The van der Waals surface area contributed by atoms with Crippen LogP contribution in [-0.2, 0) is 4.79 Å². The summed E-state index contributed by atoms with van der Waals surface area (Å²) in [5, 5.41) is 18.5. The average Bonchev–Trinajstić information content (AvgIpc) is 2.72. The fraction of sp³-hybridized carbons (Fsp3) is 0.0800. The predicted octanol–water partition coefficient (Wildman–Crippen LogP) is 5.86. The third kappa shape index (κ3) is 4.57. The Morgan fingerprint density at radius 2 is 1.39 bits per heavy atom. The molecule has 3 aromatic carbocycles. The molecule has 0 spiro atoms. The number of phenols is 1. The highest BCUT2D eigenvalue weighted by molar-refractivity contribution is 5.98. The zero-order valence-corrected chi connectivity index (χ0v) is 15.7. The summed E-state index contributed by atoms with van der Waals surface area (Å²) in [6.45, 7) is 2.13. The molecule has 0 atom stereocenters. The van der Waals surface area contributed by atoms with Crippen LogP contribution in [0.5, 0.6) is 5.75 Å². The van der Waals surface area contributed by atoms with Gasteiger partial charge in [0.05, 0.1) is 0 Å². The third-order valence-electron chi connectivity index (χ3n) is 4.55. The fourth-order valence-corrected chi connectivity index (χ4v) is 3.24. The number of hydrogen-bond donors (Lipinski definition) is 2. The molecule has 0 aliphatic rings. The van der Waals surface area contributed by atoms with Gasteiger partial charge in [0.25, 0.3) is 0 Å². The lowest BCUT2D eigenvalue weighted by Gasteiger charge is -2.16. The normalized spacial score (nSPS) is 12.0. The lowest BCUT2D eigenvalue weighted by molar-refractivity contribution is -0.131. The Kier molecular flexibility index (Phi) is 6.07. The fourth-order valence-electron chi connectivity index (χ4n) is 3.24. The van der Waals surface area contributed by atoms with Crippen LogP contribution >= 0.6 is 0 Å². The number of carboxylic acids is 1. The first-order valence-electron chi connectivity index (χ1n) is 9.18. The van der Waals surface area contributed by atoms with Crippen molar-refractivity contribution in [1.82, 2.24) is 0 Å². The molecule has 0 aromatic heterocycles. The van der Waals surface area contributed by atoms with Crippen molar-refractivity contribution < 1.29 is 15.0 Å². The summed E-state index contributed by atoms with van der Waals surface area (Å²) in [6, 6.07) is 25.3. The van der Waals surface area contributed by atoms with E-state index in [2.05, 4.69) is 19.1 Å². The summed E-state index contributed by atoms with van der Waals surface area (Å²) in [5.74, 6) is -0.735. The van der Waals surface area contributed by atoms with E-state index in [1.165, 1.54) is 5.57 Å². The monoisotopic (exact) mass is 370 g/mol. The summed E-state index contributed by atoms with van der Waals surface area (Å²) >= 11 is 0. The van der Waals surface area contributed by atoms with Crippen molar-refractivity contribution in [2.45, 2.75) is 13.3 Å². The van der Waals surface area contributed by atoms with Gasteiger partial charge in [-0.1, -0.05) is 73.7 Å². The average molecular weight is 370 g/mol.